The summed E-state index contributed by atoms with van der Waals surface area (Å²) in [6.45, 7) is 6.20. The lowest BCUT2D eigenvalue weighted by molar-refractivity contribution is -0.107. The predicted molar refractivity (Wildman–Crippen MR) is 118 cm³/mol. The number of ether oxygens (including phenoxy) is 2. The normalized spacial score (nSPS) is 12.9. The molecule has 0 aliphatic carbocycles. The molecule has 0 bridgehead atoms. The fourth-order valence-electron chi connectivity index (χ4n) is 4.10. The number of aryl methyl sites for hydroxylation is 1. The number of rotatable bonds is 7. The summed E-state index contributed by atoms with van der Waals surface area (Å²) in [7, 11) is 0. The number of aldehydes is 1. The third-order valence-electron chi connectivity index (χ3n) is 5.35. The van der Waals surface area contributed by atoms with Crippen LogP contribution in [0.1, 0.15) is 45.7 Å². The Labute approximate surface area is 180 Å². The number of hydrogen-bond acceptors (Lipinski definition) is 5. The number of fused-ring (bicyclic) bond motifs is 2. The third kappa shape index (κ3) is 3.24. The van der Waals surface area contributed by atoms with Crippen molar-refractivity contribution in [3.05, 3.63) is 64.7 Å². The minimum absolute atomic E-state index is 0.227. The smallest absolute Gasteiger partial charge is 0.270 e. The highest BCUT2D eigenvalue weighted by Gasteiger charge is 2.43. The number of anilines is 1. The summed E-state index contributed by atoms with van der Waals surface area (Å²) in [5.74, 6) is -0.0944. The van der Waals surface area contributed by atoms with Crippen LogP contribution in [0.5, 0.6) is 11.5 Å². The number of carbonyl (C=O) groups is 3. The van der Waals surface area contributed by atoms with Gasteiger partial charge in [0.15, 0.2) is 0 Å². The number of imide groups is 1. The Hall–Kier alpha value is -3.67. The zero-order valence-corrected chi connectivity index (χ0v) is 17.7. The molecule has 3 aromatic carbocycles. The van der Waals surface area contributed by atoms with E-state index < -0.39 is 11.8 Å². The van der Waals surface area contributed by atoms with Crippen molar-refractivity contribution in [2.45, 2.75) is 27.2 Å². The van der Waals surface area contributed by atoms with Gasteiger partial charge in [0.2, 0.25) is 0 Å². The largest absolute Gasteiger partial charge is 0.492 e. The third-order valence-corrected chi connectivity index (χ3v) is 5.35. The summed E-state index contributed by atoms with van der Waals surface area (Å²) in [6, 6.07) is 12.7. The van der Waals surface area contributed by atoms with Crippen LogP contribution < -0.4 is 14.4 Å². The van der Waals surface area contributed by atoms with Crippen molar-refractivity contribution in [2.24, 2.45) is 0 Å². The molecule has 1 heterocycles. The first-order valence-electron chi connectivity index (χ1n) is 10.3. The first kappa shape index (κ1) is 20.6. The van der Waals surface area contributed by atoms with Crippen LogP contribution in [0, 0.1) is 6.92 Å². The second-order valence-electron chi connectivity index (χ2n) is 7.26. The van der Waals surface area contributed by atoms with E-state index in [1.165, 1.54) is 4.90 Å². The van der Waals surface area contributed by atoms with E-state index in [4.69, 9.17) is 9.47 Å². The minimum Gasteiger partial charge on any atom is -0.492 e. The zero-order chi connectivity index (χ0) is 22.1. The van der Waals surface area contributed by atoms with Gasteiger partial charge in [-0.05, 0) is 38.0 Å². The van der Waals surface area contributed by atoms with Crippen LogP contribution in [0.3, 0.4) is 0 Å². The van der Waals surface area contributed by atoms with Crippen molar-refractivity contribution < 1.29 is 23.9 Å². The summed E-state index contributed by atoms with van der Waals surface area (Å²) in [6.07, 6.45) is 1.10. The molecule has 6 heteroatoms. The second-order valence-corrected chi connectivity index (χ2v) is 7.26. The van der Waals surface area contributed by atoms with Crippen LogP contribution in [0.25, 0.3) is 10.8 Å². The molecule has 6 nitrogen and oxygen atoms in total. The zero-order valence-electron chi connectivity index (χ0n) is 17.7. The van der Waals surface area contributed by atoms with E-state index in [1.807, 2.05) is 51.1 Å². The molecule has 1 aliphatic heterocycles. The van der Waals surface area contributed by atoms with Gasteiger partial charge in [0.05, 0.1) is 30.0 Å². The maximum Gasteiger partial charge on any atom is 0.270 e. The van der Waals surface area contributed by atoms with Gasteiger partial charge in [0.25, 0.3) is 11.8 Å². The lowest BCUT2D eigenvalue weighted by Gasteiger charge is -2.17. The monoisotopic (exact) mass is 417 g/mol. The fourth-order valence-corrected chi connectivity index (χ4v) is 4.10. The molecule has 0 saturated carbocycles. The summed E-state index contributed by atoms with van der Waals surface area (Å²) in [4.78, 5) is 39.2. The van der Waals surface area contributed by atoms with Crippen molar-refractivity contribution >= 4 is 34.6 Å². The van der Waals surface area contributed by atoms with E-state index in [1.54, 1.807) is 12.1 Å². The SMILES string of the molecule is CCOc1c2c(c(OCC)c3ccccc13)C(=O)N(c1ccc(CC=O)cc1C)C2=O. The molecule has 0 atom stereocenters. The quantitative estimate of drug-likeness (QED) is 0.418. The van der Waals surface area contributed by atoms with Crippen LogP contribution in [-0.2, 0) is 11.2 Å². The van der Waals surface area contributed by atoms with Gasteiger partial charge in [-0.25, -0.2) is 4.90 Å². The molecule has 2 amide bonds. The van der Waals surface area contributed by atoms with Crippen LogP contribution in [0.4, 0.5) is 5.69 Å². The average Bonchev–Trinajstić information content (AvgIpc) is 3.01. The van der Waals surface area contributed by atoms with E-state index in [0.29, 0.717) is 30.4 Å². The predicted octanol–water partition coefficient (Wildman–Crippen LogP) is 4.49. The van der Waals surface area contributed by atoms with Crippen LogP contribution in [0.15, 0.2) is 42.5 Å². The first-order valence-corrected chi connectivity index (χ1v) is 10.3. The van der Waals surface area contributed by atoms with Crippen molar-refractivity contribution in [1.82, 2.24) is 0 Å². The van der Waals surface area contributed by atoms with Gasteiger partial charge in [0, 0.05) is 17.2 Å². The molecule has 0 N–H and O–H groups in total. The van der Waals surface area contributed by atoms with Gasteiger partial charge >= 0.3 is 0 Å². The van der Waals surface area contributed by atoms with Gasteiger partial charge < -0.3 is 14.3 Å². The number of benzene rings is 3. The Morgan fingerprint density at radius 1 is 0.871 bits per heavy atom. The Bertz CT molecular complexity index is 1150. The second kappa shape index (κ2) is 8.22. The van der Waals surface area contributed by atoms with E-state index in [0.717, 1.165) is 28.2 Å². The molecule has 4 rings (SSSR count). The van der Waals surface area contributed by atoms with Crippen molar-refractivity contribution in [2.75, 3.05) is 18.1 Å². The van der Waals surface area contributed by atoms with E-state index >= 15 is 0 Å². The maximum atomic E-state index is 13.6. The molecule has 1 aliphatic rings. The van der Waals surface area contributed by atoms with Crippen molar-refractivity contribution in [3.8, 4) is 11.5 Å². The summed E-state index contributed by atoms with van der Waals surface area (Å²) in [5, 5.41) is 1.46. The molecule has 3 aromatic rings. The number of nitrogens with zero attached hydrogens (tertiary/aromatic N) is 1. The highest BCUT2D eigenvalue weighted by atomic mass is 16.5. The average molecular weight is 417 g/mol. The molecule has 0 spiro atoms. The van der Waals surface area contributed by atoms with Crippen LogP contribution in [-0.4, -0.2) is 31.3 Å². The van der Waals surface area contributed by atoms with E-state index in [-0.39, 0.29) is 17.5 Å². The number of hydrogen-bond donors (Lipinski definition) is 0. The standard InChI is InChI=1S/C25H23NO5/c1-4-30-22-17-8-6-7-9-18(17)23(31-5-2)21-20(22)24(28)26(25(21)29)19-11-10-16(12-13-27)14-15(19)3/h6-11,13-14H,4-5,12H2,1-3H3. The minimum atomic E-state index is -0.443. The molecular weight excluding hydrogens is 394 g/mol. The Morgan fingerprint density at radius 3 is 1.87 bits per heavy atom. The maximum absolute atomic E-state index is 13.6. The topological polar surface area (TPSA) is 72.9 Å². The number of carbonyl (C=O) groups excluding carboxylic acids is 3. The molecule has 0 saturated heterocycles. The number of amides is 2. The Kier molecular flexibility index (Phi) is 5.46. The van der Waals surface area contributed by atoms with Crippen molar-refractivity contribution in [1.29, 1.82) is 0 Å². The molecule has 0 radical (unpaired) electrons. The van der Waals surface area contributed by atoms with Crippen LogP contribution >= 0.6 is 0 Å². The van der Waals surface area contributed by atoms with Crippen LogP contribution in [0.2, 0.25) is 0 Å². The van der Waals surface area contributed by atoms with Gasteiger partial charge in [-0.1, -0.05) is 36.4 Å². The summed E-state index contributed by atoms with van der Waals surface area (Å²) < 4.78 is 11.8. The van der Waals surface area contributed by atoms with Gasteiger partial charge in [0.1, 0.15) is 17.8 Å². The highest BCUT2D eigenvalue weighted by molar-refractivity contribution is 6.38. The molecule has 31 heavy (non-hydrogen) atoms. The van der Waals surface area contributed by atoms with E-state index in [9.17, 15) is 14.4 Å². The molecule has 0 aromatic heterocycles. The summed E-state index contributed by atoms with van der Waals surface area (Å²) in [5.41, 5.74) is 2.49. The van der Waals surface area contributed by atoms with Crippen molar-refractivity contribution in [3.63, 3.8) is 0 Å². The lowest BCUT2D eigenvalue weighted by Crippen LogP contribution is -2.30. The molecular formula is C25H23NO5. The Balaban J connectivity index is 1.97. The lowest BCUT2D eigenvalue weighted by atomic mass is 9.99. The van der Waals surface area contributed by atoms with E-state index in [2.05, 4.69) is 0 Å². The van der Waals surface area contributed by atoms with Gasteiger partial charge in [-0.3, -0.25) is 9.59 Å². The highest BCUT2D eigenvalue weighted by Crippen LogP contribution is 2.46. The Morgan fingerprint density at radius 2 is 1.42 bits per heavy atom. The molecule has 0 unspecified atom stereocenters. The fraction of sp³-hybridized carbons (Fsp3) is 0.240. The first-order chi connectivity index (χ1) is 15.0. The van der Waals surface area contributed by atoms with Gasteiger partial charge in [-0.15, -0.1) is 0 Å². The van der Waals surface area contributed by atoms with Gasteiger partial charge in [-0.2, -0.15) is 0 Å². The molecule has 0 fully saturated rings. The summed E-state index contributed by atoms with van der Waals surface area (Å²) >= 11 is 0. The molecule has 158 valence electrons.